The fourth-order valence-corrected chi connectivity index (χ4v) is 4.71. The Morgan fingerprint density at radius 2 is 1.83 bits per heavy atom. The molecule has 0 bridgehead atoms. The van der Waals surface area contributed by atoms with Gasteiger partial charge in [-0.3, -0.25) is 4.79 Å². The van der Waals surface area contributed by atoms with E-state index in [9.17, 15) is 9.59 Å². The van der Waals surface area contributed by atoms with Gasteiger partial charge in [-0.15, -0.1) is 0 Å². The Bertz CT molecular complexity index is 665. The standard InChI is InChI=1S/C24H36N2O4/c1-29-19-7-16-25-23(28)30-24(21-10-3-2-4-11-21)14-17-26(18-15-24)22(27)13-12-20-8-5-6-9-20/h2-4,10-11,20H,5-9,12-19H2,1H3,(H,25,28). The first-order chi connectivity index (χ1) is 14.6. The van der Waals surface area contributed by atoms with Gasteiger partial charge in [0.05, 0.1) is 0 Å². The molecule has 2 aliphatic rings. The number of carbonyl (C=O) groups is 2. The molecule has 0 spiro atoms. The Balaban J connectivity index is 1.56. The molecule has 30 heavy (non-hydrogen) atoms. The van der Waals surface area contributed by atoms with Crippen molar-refractivity contribution in [1.29, 1.82) is 0 Å². The highest BCUT2D eigenvalue weighted by Gasteiger charge is 2.41. The van der Waals surface area contributed by atoms with Gasteiger partial charge in [-0.25, -0.2) is 4.79 Å². The lowest BCUT2D eigenvalue weighted by molar-refractivity contribution is -0.136. The van der Waals surface area contributed by atoms with E-state index in [1.807, 2.05) is 35.2 Å². The zero-order valence-electron chi connectivity index (χ0n) is 18.2. The normalized spacial score (nSPS) is 18.9. The summed E-state index contributed by atoms with van der Waals surface area (Å²) in [7, 11) is 1.64. The van der Waals surface area contributed by atoms with E-state index in [4.69, 9.17) is 9.47 Å². The van der Waals surface area contributed by atoms with Crippen molar-refractivity contribution in [2.45, 2.75) is 63.4 Å². The third kappa shape index (κ3) is 6.21. The number of hydrogen-bond acceptors (Lipinski definition) is 4. The Morgan fingerprint density at radius 3 is 2.50 bits per heavy atom. The minimum absolute atomic E-state index is 0.243. The molecule has 0 radical (unpaired) electrons. The van der Waals surface area contributed by atoms with E-state index in [2.05, 4.69) is 5.32 Å². The summed E-state index contributed by atoms with van der Waals surface area (Å²) in [6.45, 7) is 2.36. The average molecular weight is 417 g/mol. The zero-order valence-corrected chi connectivity index (χ0v) is 18.2. The van der Waals surface area contributed by atoms with Gasteiger partial charge in [0.15, 0.2) is 0 Å². The van der Waals surface area contributed by atoms with Crippen LogP contribution in [0.15, 0.2) is 30.3 Å². The first-order valence-corrected chi connectivity index (χ1v) is 11.4. The monoisotopic (exact) mass is 416 g/mol. The number of ether oxygens (including phenoxy) is 2. The van der Waals surface area contributed by atoms with E-state index in [-0.39, 0.29) is 5.91 Å². The van der Waals surface area contributed by atoms with Crippen LogP contribution in [0.4, 0.5) is 4.79 Å². The Labute approximate surface area is 180 Å². The topological polar surface area (TPSA) is 67.9 Å². The Hall–Kier alpha value is -2.08. The first kappa shape index (κ1) is 22.6. The summed E-state index contributed by atoms with van der Waals surface area (Å²) >= 11 is 0. The molecule has 0 unspecified atom stereocenters. The van der Waals surface area contributed by atoms with Crippen LogP contribution in [-0.2, 0) is 19.9 Å². The number of piperidine rings is 1. The number of carbonyl (C=O) groups excluding carboxylic acids is 2. The SMILES string of the molecule is COCCCNC(=O)OC1(c2ccccc2)CCN(C(=O)CCC2CCCC2)CC1. The first-order valence-electron chi connectivity index (χ1n) is 11.4. The van der Waals surface area contributed by atoms with Gasteiger partial charge in [0.1, 0.15) is 5.60 Å². The summed E-state index contributed by atoms with van der Waals surface area (Å²) < 4.78 is 11.0. The minimum atomic E-state index is -0.686. The maximum absolute atomic E-state index is 12.7. The lowest BCUT2D eigenvalue weighted by atomic mass is 9.84. The molecule has 2 amide bonds. The molecule has 1 heterocycles. The van der Waals surface area contributed by atoms with Crippen molar-refractivity contribution < 1.29 is 19.1 Å². The minimum Gasteiger partial charge on any atom is -0.438 e. The maximum Gasteiger partial charge on any atom is 0.408 e. The molecular weight excluding hydrogens is 380 g/mol. The van der Waals surface area contributed by atoms with Crippen molar-refractivity contribution in [2.75, 3.05) is 33.4 Å². The maximum atomic E-state index is 12.7. The van der Waals surface area contributed by atoms with Crippen LogP contribution in [0, 0.1) is 5.92 Å². The molecule has 1 aromatic carbocycles. The van der Waals surface area contributed by atoms with Crippen molar-refractivity contribution in [3.8, 4) is 0 Å². The molecule has 2 fully saturated rings. The molecule has 1 saturated carbocycles. The van der Waals surface area contributed by atoms with E-state index in [0.717, 1.165) is 24.3 Å². The van der Waals surface area contributed by atoms with Crippen LogP contribution >= 0.6 is 0 Å². The summed E-state index contributed by atoms with van der Waals surface area (Å²) in [6, 6.07) is 9.92. The second-order valence-corrected chi connectivity index (χ2v) is 8.59. The molecule has 3 rings (SSSR count). The van der Waals surface area contributed by atoms with E-state index in [0.29, 0.717) is 45.5 Å². The van der Waals surface area contributed by atoms with Crippen molar-refractivity contribution in [3.63, 3.8) is 0 Å². The van der Waals surface area contributed by atoms with Gasteiger partial charge in [0, 0.05) is 52.6 Å². The van der Waals surface area contributed by atoms with Gasteiger partial charge in [-0.2, -0.15) is 0 Å². The number of benzene rings is 1. The molecule has 0 atom stereocenters. The number of likely N-dealkylation sites (tertiary alicyclic amines) is 1. The van der Waals surface area contributed by atoms with Crippen LogP contribution in [-0.4, -0.2) is 50.3 Å². The molecule has 0 aromatic heterocycles. The second-order valence-electron chi connectivity index (χ2n) is 8.59. The number of methoxy groups -OCH3 is 1. The fraction of sp³-hybridized carbons (Fsp3) is 0.667. The van der Waals surface area contributed by atoms with Crippen molar-refractivity contribution in [1.82, 2.24) is 10.2 Å². The van der Waals surface area contributed by atoms with Gasteiger partial charge >= 0.3 is 6.09 Å². The van der Waals surface area contributed by atoms with Crippen molar-refractivity contribution >= 4 is 12.0 Å². The summed E-state index contributed by atoms with van der Waals surface area (Å²) in [5.74, 6) is 0.972. The van der Waals surface area contributed by atoms with Crippen LogP contribution in [0.5, 0.6) is 0 Å². The third-order valence-electron chi connectivity index (χ3n) is 6.55. The highest BCUT2D eigenvalue weighted by molar-refractivity contribution is 5.76. The number of amides is 2. The van der Waals surface area contributed by atoms with Gasteiger partial charge < -0.3 is 19.7 Å². The number of nitrogens with one attached hydrogen (secondary N) is 1. The number of alkyl carbamates (subject to hydrolysis) is 1. The quantitative estimate of drug-likeness (QED) is 0.612. The Morgan fingerprint density at radius 1 is 1.13 bits per heavy atom. The van der Waals surface area contributed by atoms with Gasteiger partial charge in [-0.1, -0.05) is 56.0 Å². The number of hydrogen-bond donors (Lipinski definition) is 1. The smallest absolute Gasteiger partial charge is 0.408 e. The highest BCUT2D eigenvalue weighted by atomic mass is 16.6. The third-order valence-corrected chi connectivity index (χ3v) is 6.55. The van der Waals surface area contributed by atoms with Gasteiger partial charge in [-0.05, 0) is 24.3 Å². The van der Waals surface area contributed by atoms with E-state index in [1.165, 1.54) is 25.7 Å². The van der Waals surface area contributed by atoms with Gasteiger partial charge in [0.25, 0.3) is 0 Å². The fourth-order valence-electron chi connectivity index (χ4n) is 4.71. The van der Waals surface area contributed by atoms with Gasteiger partial charge in [0.2, 0.25) is 5.91 Å². The van der Waals surface area contributed by atoms with E-state index < -0.39 is 11.7 Å². The highest BCUT2D eigenvalue weighted by Crippen LogP contribution is 2.37. The van der Waals surface area contributed by atoms with E-state index >= 15 is 0 Å². The van der Waals surface area contributed by atoms with Crippen LogP contribution in [0.1, 0.15) is 63.4 Å². The number of nitrogens with zero attached hydrogens (tertiary/aromatic N) is 1. The molecule has 1 aromatic rings. The lowest BCUT2D eigenvalue weighted by Crippen LogP contribution is -2.48. The summed E-state index contributed by atoms with van der Waals surface area (Å²) in [6.07, 6.45) is 8.41. The van der Waals surface area contributed by atoms with Crippen LogP contribution in [0.3, 0.4) is 0 Å². The predicted octanol–water partition coefficient (Wildman–Crippen LogP) is 4.24. The largest absolute Gasteiger partial charge is 0.438 e. The molecule has 1 saturated heterocycles. The molecule has 6 heteroatoms. The summed E-state index contributed by atoms with van der Waals surface area (Å²) in [5.41, 5.74) is 0.310. The zero-order chi connectivity index (χ0) is 21.2. The summed E-state index contributed by atoms with van der Waals surface area (Å²) in [5, 5.41) is 2.82. The number of rotatable bonds is 9. The lowest BCUT2D eigenvalue weighted by Gasteiger charge is -2.41. The van der Waals surface area contributed by atoms with E-state index in [1.54, 1.807) is 7.11 Å². The molecule has 1 N–H and O–H groups in total. The van der Waals surface area contributed by atoms with Crippen LogP contribution in [0.25, 0.3) is 0 Å². The Kier molecular flexibility index (Phi) is 8.55. The second kappa shape index (κ2) is 11.3. The summed E-state index contributed by atoms with van der Waals surface area (Å²) in [4.78, 5) is 27.1. The van der Waals surface area contributed by atoms with Crippen molar-refractivity contribution in [2.24, 2.45) is 5.92 Å². The molecule has 166 valence electrons. The van der Waals surface area contributed by atoms with Crippen LogP contribution < -0.4 is 5.32 Å². The average Bonchev–Trinajstić information content (AvgIpc) is 3.30. The molecule has 1 aliphatic heterocycles. The van der Waals surface area contributed by atoms with Crippen LogP contribution in [0.2, 0.25) is 0 Å². The van der Waals surface area contributed by atoms with Crippen molar-refractivity contribution in [3.05, 3.63) is 35.9 Å². The molecule has 1 aliphatic carbocycles. The molecular formula is C24H36N2O4. The molecule has 6 nitrogen and oxygen atoms in total. The predicted molar refractivity (Wildman–Crippen MR) is 116 cm³/mol.